The van der Waals surface area contributed by atoms with Gasteiger partial charge in [0.25, 0.3) is 0 Å². The van der Waals surface area contributed by atoms with Gasteiger partial charge < -0.3 is 15.2 Å². The van der Waals surface area contributed by atoms with Crippen LogP contribution in [-0.4, -0.2) is 51.5 Å². The van der Waals surface area contributed by atoms with Crippen LogP contribution in [0.1, 0.15) is 18.5 Å². The normalized spacial score (nSPS) is 14.4. The highest BCUT2D eigenvalue weighted by molar-refractivity contribution is 6.42. The van der Waals surface area contributed by atoms with E-state index in [1.54, 1.807) is 20.3 Å². The van der Waals surface area contributed by atoms with Crippen molar-refractivity contribution >= 4 is 23.2 Å². The summed E-state index contributed by atoms with van der Waals surface area (Å²) >= 11 is 12.5. The highest BCUT2D eigenvalue weighted by Gasteiger charge is 2.26. The van der Waals surface area contributed by atoms with Gasteiger partial charge in [0.1, 0.15) is 0 Å². The molecule has 0 radical (unpaired) electrons. The lowest BCUT2D eigenvalue weighted by atomic mass is 10.0. The van der Waals surface area contributed by atoms with Crippen LogP contribution in [0.2, 0.25) is 10.0 Å². The summed E-state index contributed by atoms with van der Waals surface area (Å²) in [6, 6.07) is 5.79. The molecule has 6 heteroatoms. The van der Waals surface area contributed by atoms with E-state index in [0.29, 0.717) is 29.8 Å². The Bertz CT molecular complexity index is 432. The van der Waals surface area contributed by atoms with Gasteiger partial charge in [-0.15, -0.1) is 0 Å². The van der Waals surface area contributed by atoms with Crippen molar-refractivity contribution in [3.05, 3.63) is 33.8 Å². The maximum absolute atomic E-state index is 6.35. The Kier molecular flexibility index (Phi) is 8.56. The molecule has 0 aliphatic rings. The van der Waals surface area contributed by atoms with E-state index in [9.17, 15) is 0 Å². The number of nitrogens with two attached hydrogens (primary N) is 1. The Hall–Kier alpha value is -0.360. The summed E-state index contributed by atoms with van der Waals surface area (Å²) in [5.41, 5.74) is 6.94. The molecule has 1 aromatic rings. The smallest absolute Gasteiger partial charge is 0.0640 e. The lowest BCUT2D eigenvalue weighted by molar-refractivity contribution is 0.0487. The van der Waals surface area contributed by atoms with Crippen molar-refractivity contribution in [3.8, 4) is 0 Å². The third kappa shape index (κ3) is 5.09. The van der Waals surface area contributed by atoms with E-state index in [2.05, 4.69) is 11.8 Å². The molecule has 0 saturated carbocycles. The van der Waals surface area contributed by atoms with Gasteiger partial charge in [0.2, 0.25) is 0 Å². The van der Waals surface area contributed by atoms with Crippen molar-refractivity contribution in [3.63, 3.8) is 0 Å². The zero-order chi connectivity index (χ0) is 15.8. The van der Waals surface area contributed by atoms with Crippen molar-refractivity contribution < 1.29 is 9.47 Å². The third-order valence-corrected chi connectivity index (χ3v) is 4.33. The van der Waals surface area contributed by atoms with E-state index in [-0.39, 0.29) is 12.1 Å². The molecule has 0 heterocycles. The fraction of sp³-hybridized carbons (Fsp3) is 0.600. The number of methoxy groups -OCH3 is 2. The molecule has 4 nitrogen and oxygen atoms in total. The highest BCUT2D eigenvalue weighted by atomic mass is 35.5. The maximum atomic E-state index is 6.35. The van der Waals surface area contributed by atoms with Gasteiger partial charge in [0.05, 0.1) is 23.3 Å². The van der Waals surface area contributed by atoms with E-state index in [1.165, 1.54) is 0 Å². The first-order valence-corrected chi connectivity index (χ1v) is 7.70. The van der Waals surface area contributed by atoms with E-state index in [4.69, 9.17) is 38.4 Å². The van der Waals surface area contributed by atoms with Crippen molar-refractivity contribution in [1.29, 1.82) is 0 Å². The Morgan fingerprint density at radius 2 is 1.95 bits per heavy atom. The lowest BCUT2D eigenvalue weighted by Crippen LogP contribution is -2.44. The largest absolute Gasteiger partial charge is 0.383 e. The molecule has 120 valence electrons. The topological polar surface area (TPSA) is 47.7 Å². The molecule has 2 unspecified atom stereocenters. The first-order valence-electron chi connectivity index (χ1n) is 6.94. The molecule has 0 aliphatic heterocycles. The van der Waals surface area contributed by atoms with E-state index < -0.39 is 0 Å². The fourth-order valence-electron chi connectivity index (χ4n) is 2.44. The number of halogens is 2. The van der Waals surface area contributed by atoms with Gasteiger partial charge in [-0.05, 0) is 18.6 Å². The van der Waals surface area contributed by atoms with Crippen molar-refractivity contribution in [2.75, 3.05) is 40.5 Å². The molecule has 0 aliphatic carbocycles. The molecule has 0 amide bonds. The van der Waals surface area contributed by atoms with Crippen LogP contribution in [-0.2, 0) is 9.47 Å². The molecule has 1 aromatic carbocycles. The minimum Gasteiger partial charge on any atom is -0.383 e. The van der Waals surface area contributed by atoms with Gasteiger partial charge >= 0.3 is 0 Å². The molecule has 0 spiro atoms. The molecule has 0 aromatic heterocycles. The Balaban J connectivity index is 3.07. The molecule has 0 fully saturated rings. The predicted molar refractivity (Wildman–Crippen MR) is 88.2 cm³/mol. The van der Waals surface area contributed by atoms with Crippen LogP contribution in [0.15, 0.2) is 18.2 Å². The minimum atomic E-state index is -0.0310. The molecule has 2 atom stereocenters. The van der Waals surface area contributed by atoms with E-state index in [0.717, 1.165) is 12.1 Å². The first kappa shape index (κ1) is 18.7. The van der Waals surface area contributed by atoms with Gasteiger partial charge in [0.15, 0.2) is 0 Å². The van der Waals surface area contributed by atoms with Crippen LogP contribution in [0, 0.1) is 0 Å². The number of nitrogens with zero attached hydrogens (tertiary/aromatic N) is 1. The second kappa shape index (κ2) is 9.62. The molecule has 0 bridgehead atoms. The zero-order valence-corrected chi connectivity index (χ0v) is 14.3. The van der Waals surface area contributed by atoms with Crippen LogP contribution in [0.25, 0.3) is 0 Å². The van der Waals surface area contributed by atoms with Crippen molar-refractivity contribution in [1.82, 2.24) is 4.90 Å². The quantitative estimate of drug-likeness (QED) is 0.754. The third-order valence-electron chi connectivity index (χ3n) is 3.49. The number of ether oxygens (including phenoxy) is 2. The second-order valence-electron chi connectivity index (χ2n) is 4.93. The summed E-state index contributed by atoms with van der Waals surface area (Å²) in [7, 11) is 3.37. The Morgan fingerprint density at radius 1 is 1.24 bits per heavy atom. The number of hydrogen-bond donors (Lipinski definition) is 1. The Morgan fingerprint density at radius 3 is 2.52 bits per heavy atom. The number of benzene rings is 1. The van der Waals surface area contributed by atoms with Gasteiger partial charge in [0, 0.05) is 39.4 Å². The molecule has 21 heavy (non-hydrogen) atoms. The average molecular weight is 335 g/mol. The number of hydrogen-bond acceptors (Lipinski definition) is 4. The monoisotopic (exact) mass is 334 g/mol. The van der Waals surface area contributed by atoms with E-state index >= 15 is 0 Å². The summed E-state index contributed by atoms with van der Waals surface area (Å²) in [5.74, 6) is 0. The van der Waals surface area contributed by atoms with Crippen molar-refractivity contribution in [2.45, 2.75) is 19.0 Å². The first-order chi connectivity index (χ1) is 10.1. The standard InChI is InChI=1S/C15H24Cl2N2O2/c1-11(10-21-3)19(7-8-20-2)14(9-18)12-5-4-6-13(16)15(12)17/h4-6,11,14H,7-10,18H2,1-3H3. The fourth-order valence-corrected chi connectivity index (χ4v) is 2.87. The maximum Gasteiger partial charge on any atom is 0.0640 e. The SMILES string of the molecule is COCCN(C(C)COC)C(CN)c1cccc(Cl)c1Cl. The lowest BCUT2D eigenvalue weighted by Gasteiger charge is -2.36. The summed E-state index contributed by atoms with van der Waals surface area (Å²) in [4.78, 5) is 2.24. The Labute approximate surface area is 137 Å². The summed E-state index contributed by atoms with van der Waals surface area (Å²) in [6.07, 6.45) is 0. The van der Waals surface area contributed by atoms with Crippen LogP contribution >= 0.6 is 23.2 Å². The van der Waals surface area contributed by atoms with Gasteiger partial charge in [-0.3, -0.25) is 4.90 Å². The van der Waals surface area contributed by atoms with Gasteiger partial charge in [-0.2, -0.15) is 0 Å². The summed E-state index contributed by atoms with van der Waals surface area (Å²) in [5, 5.41) is 1.10. The van der Waals surface area contributed by atoms with Gasteiger partial charge in [-0.1, -0.05) is 35.3 Å². The molecular formula is C15H24Cl2N2O2. The molecule has 1 rings (SSSR count). The van der Waals surface area contributed by atoms with Crippen molar-refractivity contribution in [2.24, 2.45) is 5.73 Å². The molecule has 2 N–H and O–H groups in total. The second-order valence-corrected chi connectivity index (χ2v) is 5.71. The summed E-state index contributed by atoms with van der Waals surface area (Å²) in [6.45, 7) is 4.50. The van der Waals surface area contributed by atoms with Crippen LogP contribution < -0.4 is 5.73 Å². The van der Waals surface area contributed by atoms with E-state index in [1.807, 2.05) is 12.1 Å². The average Bonchev–Trinajstić information content (AvgIpc) is 2.47. The predicted octanol–water partition coefficient (Wildman–Crippen LogP) is 2.98. The van der Waals surface area contributed by atoms with Crippen LogP contribution in [0.4, 0.5) is 0 Å². The highest BCUT2D eigenvalue weighted by Crippen LogP contribution is 2.33. The number of rotatable bonds is 9. The zero-order valence-electron chi connectivity index (χ0n) is 12.8. The van der Waals surface area contributed by atoms with Crippen LogP contribution in [0.3, 0.4) is 0 Å². The molecular weight excluding hydrogens is 311 g/mol. The molecule has 0 saturated heterocycles. The van der Waals surface area contributed by atoms with Gasteiger partial charge in [-0.25, -0.2) is 0 Å². The minimum absolute atomic E-state index is 0.0310. The van der Waals surface area contributed by atoms with Crippen LogP contribution in [0.5, 0.6) is 0 Å². The summed E-state index contributed by atoms with van der Waals surface area (Å²) < 4.78 is 10.5.